The molecule has 5 rings (SSSR count). The number of carbonyl (C=O) groups is 2. The van der Waals surface area contributed by atoms with Crippen molar-refractivity contribution < 1.29 is 33.7 Å². The average molecular weight is 627 g/mol. The molecule has 3 atom stereocenters. The maximum atomic E-state index is 12.5. The number of piperidine rings is 1. The largest absolute Gasteiger partial charge is 0.528 e. The van der Waals surface area contributed by atoms with Crippen molar-refractivity contribution in [1.82, 2.24) is 10.4 Å². The van der Waals surface area contributed by atoms with Crippen molar-refractivity contribution in [3.8, 4) is 0 Å². The van der Waals surface area contributed by atoms with E-state index in [0.717, 1.165) is 33.0 Å². The Kier molecular flexibility index (Phi) is 10.9. The van der Waals surface area contributed by atoms with Crippen molar-refractivity contribution in [2.45, 2.75) is 58.2 Å². The zero-order valence-corrected chi connectivity index (χ0v) is 26.6. The molecule has 0 aliphatic carbocycles. The van der Waals surface area contributed by atoms with Gasteiger partial charge in [0.1, 0.15) is 12.2 Å². The van der Waals surface area contributed by atoms with Crippen LogP contribution in [0.2, 0.25) is 0 Å². The molecule has 3 unspecified atom stereocenters. The van der Waals surface area contributed by atoms with Gasteiger partial charge in [-0.1, -0.05) is 91.0 Å². The van der Waals surface area contributed by atoms with E-state index in [0.29, 0.717) is 26.2 Å². The summed E-state index contributed by atoms with van der Waals surface area (Å²) in [6, 6.07) is 31.8. The molecular weight excluding hydrogens is 584 g/mol. The number of aliphatic hydroxyl groups excluding tert-OH is 1. The number of nitrogens with zero attached hydrogens (tertiary/aromatic N) is 1. The number of carbonyl (C=O) groups excluding carboxylic acids is 2. The smallest absolute Gasteiger partial charge is 0.445 e. The molecule has 9 heteroatoms. The van der Waals surface area contributed by atoms with Gasteiger partial charge in [-0.3, -0.25) is 0 Å². The number of rotatable bonds is 10. The predicted octanol–water partition coefficient (Wildman–Crippen LogP) is 6.73. The third-order valence-corrected chi connectivity index (χ3v) is 7.85. The van der Waals surface area contributed by atoms with Crippen LogP contribution in [0.1, 0.15) is 48.9 Å². The number of alkyl carbamates (subject to hydrolysis) is 1. The molecule has 1 amide bonds. The summed E-state index contributed by atoms with van der Waals surface area (Å²) < 4.78 is 17.3. The van der Waals surface area contributed by atoms with Gasteiger partial charge >= 0.3 is 12.2 Å². The number of ether oxygens (including phenoxy) is 3. The predicted molar refractivity (Wildman–Crippen MR) is 175 cm³/mol. The van der Waals surface area contributed by atoms with Crippen LogP contribution in [-0.2, 0) is 38.8 Å². The number of amides is 1. The fourth-order valence-corrected chi connectivity index (χ4v) is 5.67. The van der Waals surface area contributed by atoms with Crippen molar-refractivity contribution in [3.05, 3.63) is 119 Å². The lowest BCUT2D eigenvalue weighted by Gasteiger charge is -2.42. The molecule has 0 saturated carbocycles. The van der Waals surface area contributed by atoms with Crippen molar-refractivity contribution >= 4 is 23.0 Å². The lowest BCUT2D eigenvalue weighted by Crippen LogP contribution is -2.51. The topological polar surface area (TPSA) is 107 Å². The standard InChI is InChI=1S/C37H42N2O7/c1-37(2,3)45-36(42)46-39-21-32(23-40)34(33(22-39)43-25-28-15-16-29-11-7-8-12-31(29)19-28)30-17-13-27(14-18-30)24-44-35(41)38-20-26-9-5-4-6-10-26/h4-19,32-34,40H,20-25H2,1-3H3,(H,38,41). The third-order valence-electron chi connectivity index (χ3n) is 7.85. The van der Waals surface area contributed by atoms with Crippen LogP contribution >= 0.6 is 0 Å². The molecule has 46 heavy (non-hydrogen) atoms. The van der Waals surface area contributed by atoms with Crippen LogP contribution in [0.5, 0.6) is 0 Å². The summed E-state index contributed by atoms with van der Waals surface area (Å²) in [5.41, 5.74) is 3.10. The first kappa shape index (κ1) is 32.9. The Balaban J connectivity index is 1.27. The van der Waals surface area contributed by atoms with Crippen molar-refractivity contribution in [2.75, 3.05) is 19.7 Å². The molecule has 242 valence electrons. The van der Waals surface area contributed by atoms with Crippen LogP contribution < -0.4 is 5.32 Å². The molecule has 1 fully saturated rings. The summed E-state index contributed by atoms with van der Waals surface area (Å²) in [4.78, 5) is 30.3. The van der Waals surface area contributed by atoms with Crippen LogP contribution in [0.15, 0.2) is 97.1 Å². The van der Waals surface area contributed by atoms with Gasteiger partial charge in [-0.05, 0) is 59.9 Å². The van der Waals surface area contributed by atoms with Gasteiger partial charge in [0.25, 0.3) is 0 Å². The highest BCUT2D eigenvalue weighted by Gasteiger charge is 2.40. The number of hydroxylamine groups is 2. The third kappa shape index (κ3) is 9.29. The minimum Gasteiger partial charge on any atom is -0.445 e. The van der Waals surface area contributed by atoms with Crippen LogP contribution in [-0.4, -0.2) is 53.8 Å². The Hall–Kier alpha value is -4.44. The Labute approximate surface area is 270 Å². The average Bonchev–Trinajstić information content (AvgIpc) is 3.05. The highest BCUT2D eigenvalue weighted by atomic mass is 16.8. The molecule has 0 bridgehead atoms. The van der Waals surface area contributed by atoms with Gasteiger partial charge in [0.05, 0.1) is 19.3 Å². The van der Waals surface area contributed by atoms with Crippen molar-refractivity contribution in [1.29, 1.82) is 0 Å². The first-order chi connectivity index (χ1) is 22.2. The fraction of sp³-hybridized carbons (Fsp3) is 0.351. The zero-order chi connectivity index (χ0) is 32.5. The summed E-state index contributed by atoms with van der Waals surface area (Å²) in [5, 5.41) is 17.1. The molecule has 1 saturated heterocycles. The molecule has 4 aromatic carbocycles. The number of benzene rings is 4. The summed E-state index contributed by atoms with van der Waals surface area (Å²) in [6.07, 6.45) is -1.70. The van der Waals surface area contributed by atoms with Gasteiger partial charge in [-0.15, -0.1) is 5.06 Å². The van der Waals surface area contributed by atoms with E-state index in [2.05, 4.69) is 29.6 Å². The SMILES string of the molecule is CC(C)(C)OC(=O)ON1CC(CO)C(c2ccc(COC(=O)NCc3ccccc3)cc2)C(OCc2ccc3ccccc3c2)C1. The minimum atomic E-state index is -0.798. The number of fused-ring (bicyclic) bond motifs is 1. The molecule has 4 aromatic rings. The number of nitrogens with one attached hydrogen (secondary N) is 1. The van der Waals surface area contributed by atoms with Crippen LogP contribution in [0, 0.1) is 5.92 Å². The van der Waals surface area contributed by atoms with Crippen LogP contribution in [0.25, 0.3) is 10.8 Å². The highest BCUT2D eigenvalue weighted by molar-refractivity contribution is 5.82. The van der Waals surface area contributed by atoms with Gasteiger partial charge in [0.15, 0.2) is 0 Å². The molecular formula is C37H42N2O7. The molecule has 0 radical (unpaired) electrons. The van der Waals surface area contributed by atoms with Gasteiger partial charge in [0, 0.05) is 31.5 Å². The monoisotopic (exact) mass is 626 g/mol. The van der Waals surface area contributed by atoms with Gasteiger partial charge in [-0.25, -0.2) is 9.59 Å². The Morgan fingerprint density at radius 1 is 0.826 bits per heavy atom. The first-order valence-corrected chi connectivity index (χ1v) is 15.6. The van der Waals surface area contributed by atoms with E-state index >= 15 is 0 Å². The lowest BCUT2D eigenvalue weighted by molar-refractivity contribution is -0.194. The molecule has 2 N–H and O–H groups in total. The number of aliphatic hydroxyl groups is 1. The Morgan fingerprint density at radius 2 is 1.52 bits per heavy atom. The van der Waals surface area contributed by atoms with Gasteiger partial charge in [0.2, 0.25) is 0 Å². The van der Waals surface area contributed by atoms with E-state index in [1.165, 1.54) is 5.06 Å². The van der Waals surface area contributed by atoms with Gasteiger partial charge < -0.3 is 29.5 Å². The fourth-order valence-electron chi connectivity index (χ4n) is 5.67. The summed E-state index contributed by atoms with van der Waals surface area (Å²) in [6.45, 7) is 6.64. The lowest BCUT2D eigenvalue weighted by atomic mass is 9.79. The normalized spacial score (nSPS) is 18.6. The number of hydrogen-bond acceptors (Lipinski definition) is 8. The maximum Gasteiger partial charge on any atom is 0.528 e. The Morgan fingerprint density at radius 3 is 2.24 bits per heavy atom. The minimum absolute atomic E-state index is 0.119. The second-order valence-electron chi connectivity index (χ2n) is 12.6. The van der Waals surface area contributed by atoms with E-state index in [1.807, 2.05) is 72.8 Å². The zero-order valence-electron chi connectivity index (χ0n) is 26.6. The van der Waals surface area contributed by atoms with Crippen LogP contribution in [0.3, 0.4) is 0 Å². The summed E-state index contributed by atoms with van der Waals surface area (Å²) in [5.74, 6) is -0.475. The molecule has 1 aliphatic rings. The molecule has 1 heterocycles. The second-order valence-corrected chi connectivity index (χ2v) is 12.6. The quantitative estimate of drug-likeness (QED) is 0.187. The number of hydrogen-bond donors (Lipinski definition) is 2. The molecule has 1 aliphatic heterocycles. The van der Waals surface area contributed by atoms with Gasteiger partial charge in [-0.2, -0.15) is 0 Å². The second kappa shape index (κ2) is 15.2. The molecule has 0 spiro atoms. The summed E-state index contributed by atoms with van der Waals surface area (Å²) >= 11 is 0. The maximum absolute atomic E-state index is 12.5. The van der Waals surface area contributed by atoms with E-state index in [9.17, 15) is 14.7 Å². The summed E-state index contributed by atoms with van der Waals surface area (Å²) in [7, 11) is 0. The van der Waals surface area contributed by atoms with Crippen molar-refractivity contribution in [3.63, 3.8) is 0 Å². The van der Waals surface area contributed by atoms with E-state index in [4.69, 9.17) is 19.0 Å². The van der Waals surface area contributed by atoms with Crippen LogP contribution in [0.4, 0.5) is 9.59 Å². The highest BCUT2D eigenvalue weighted by Crippen LogP contribution is 2.36. The molecule has 9 nitrogen and oxygen atoms in total. The molecule has 0 aromatic heterocycles. The Bertz CT molecular complexity index is 1590. The first-order valence-electron chi connectivity index (χ1n) is 15.6. The van der Waals surface area contributed by atoms with E-state index in [-0.39, 0.29) is 25.0 Å². The van der Waals surface area contributed by atoms with E-state index in [1.54, 1.807) is 20.8 Å². The van der Waals surface area contributed by atoms with Crippen molar-refractivity contribution in [2.24, 2.45) is 5.92 Å². The van der Waals surface area contributed by atoms with E-state index < -0.39 is 24.0 Å².